The molecule has 0 aromatic carbocycles. The largest absolute Gasteiger partial charge is 0.433 e. The van der Waals surface area contributed by atoms with Gasteiger partial charge in [0.1, 0.15) is 17.3 Å². The number of rotatable bonds is 5. The number of hydrogen-bond donors (Lipinski definition) is 1. The number of ether oxygens (including phenoxy) is 1. The van der Waals surface area contributed by atoms with E-state index in [-0.39, 0.29) is 18.6 Å². The summed E-state index contributed by atoms with van der Waals surface area (Å²) in [5.41, 5.74) is 5.64. The third-order valence-electron chi connectivity index (χ3n) is 3.16. The van der Waals surface area contributed by atoms with E-state index < -0.39 is 4.92 Å². The Morgan fingerprint density at radius 3 is 3.00 bits per heavy atom. The first-order chi connectivity index (χ1) is 8.20. The lowest BCUT2D eigenvalue weighted by atomic mass is 10.1. The third kappa shape index (κ3) is 2.83. The molecule has 6 heteroatoms. The lowest BCUT2D eigenvalue weighted by Gasteiger charge is -2.17. The summed E-state index contributed by atoms with van der Waals surface area (Å²) in [5, 5.41) is 10.4. The minimum Gasteiger partial charge on any atom is -0.403 e. The van der Waals surface area contributed by atoms with Crippen LogP contribution in [0.15, 0.2) is 16.5 Å². The van der Waals surface area contributed by atoms with Crippen LogP contribution in [0.1, 0.15) is 25.0 Å². The fraction of sp³-hybridized carbons (Fsp3) is 0.636. The summed E-state index contributed by atoms with van der Waals surface area (Å²) in [7, 11) is 0. The molecule has 1 aliphatic carbocycles. The highest BCUT2D eigenvalue weighted by Crippen LogP contribution is 2.28. The molecule has 2 N–H and O–H groups in total. The molecule has 17 heavy (non-hydrogen) atoms. The van der Waals surface area contributed by atoms with Gasteiger partial charge in [-0.1, -0.05) is 6.42 Å². The predicted molar refractivity (Wildman–Crippen MR) is 60.3 cm³/mol. The van der Waals surface area contributed by atoms with E-state index in [4.69, 9.17) is 14.9 Å². The Bertz CT molecular complexity index is 391. The Morgan fingerprint density at radius 2 is 2.35 bits per heavy atom. The monoisotopic (exact) mass is 240 g/mol. The zero-order valence-electron chi connectivity index (χ0n) is 9.50. The van der Waals surface area contributed by atoms with Crippen molar-refractivity contribution >= 4 is 5.88 Å². The molecule has 0 saturated heterocycles. The molecule has 0 radical (unpaired) electrons. The van der Waals surface area contributed by atoms with Crippen molar-refractivity contribution in [1.29, 1.82) is 0 Å². The van der Waals surface area contributed by atoms with Crippen LogP contribution in [0.25, 0.3) is 0 Å². The third-order valence-corrected chi connectivity index (χ3v) is 3.16. The first-order valence-electron chi connectivity index (χ1n) is 5.75. The number of furan rings is 1. The maximum Gasteiger partial charge on any atom is 0.433 e. The van der Waals surface area contributed by atoms with Crippen molar-refractivity contribution in [3.05, 3.63) is 28.0 Å². The van der Waals surface area contributed by atoms with E-state index in [0.717, 1.165) is 19.3 Å². The molecule has 0 aliphatic heterocycles. The van der Waals surface area contributed by atoms with E-state index in [9.17, 15) is 10.1 Å². The topological polar surface area (TPSA) is 91.5 Å². The first-order valence-corrected chi connectivity index (χ1v) is 5.75. The number of hydrogen-bond acceptors (Lipinski definition) is 5. The molecule has 1 saturated carbocycles. The van der Waals surface area contributed by atoms with Crippen molar-refractivity contribution in [3.8, 4) is 0 Å². The highest BCUT2D eigenvalue weighted by atomic mass is 16.6. The Labute approximate surface area is 98.9 Å². The van der Waals surface area contributed by atoms with Crippen LogP contribution in [0, 0.1) is 16.0 Å². The Hall–Kier alpha value is -1.40. The summed E-state index contributed by atoms with van der Waals surface area (Å²) in [5.74, 6) is 0.643. The van der Waals surface area contributed by atoms with Crippen LogP contribution in [0.5, 0.6) is 0 Å². The van der Waals surface area contributed by atoms with E-state index in [1.54, 1.807) is 6.07 Å². The summed E-state index contributed by atoms with van der Waals surface area (Å²) in [6.45, 7) is 0.901. The summed E-state index contributed by atoms with van der Waals surface area (Å²) in [6.07, 6.45) is 3.39. The van der Waals surface area contributed by atoms with Gasteiger partial charge in [0.25, 0.3) is 0 Å². The summed E-state index contributed by atoms with van der Waals surface area (Å²) < 4.78 is 10.7. The molecule has 0 spiro atoms. The molecular weight excluding hydrogens is 224 g/mol. The fourth-order valence-corrected chi connectivity index (χ4v) is 2.22. The molecule has 94 valence electrons. The van der Waals surface area contributed by atoms with Gasteiger partial charge in [-0.2, -0.15) is 0 Å². The van der Waals surface area contributed by atoms with Gasteiger partial charge in [0.05, 0.1) is 12.2 Å². The Kier molecular flexibility index (Phi) is 3.75. The molecule has 1 fully saturated rings. The van der Waals surface area contributed by atoms with Crippen LogP contribution in [0.2, 0.25) is 0 Å². The van der Waals surface area contributed by atoms with Gasteiger partial charge in [0.2, 0.25) is 0 Å². The van der Waals surface area contributed by atoms with Crippen molar-refractivity contribution in [1.82, 2.24) is 0 Å². The quantitative estimate of drug-likeness (QED) is 0.626. The van der Waals surface area contributed by atoms with Gasteiger partial charge in [-0.05, 0) is 31.4 Å². The van der Waals surface area contributed by atoms with Crippen molar-refractivity contribution in [2.24, 2.45) is 11.7 Å². The van der Waals surface area contributed by atoms with E-state index in [1.807, 2.05) is 0 Å². The van der Waals surface area contributed by atoms with Crippen LogP contribution in [-0.4, -0.2) is 17.6 Å². The first kappa shape index (κ1) is 12.1. The van der Waals surface area contributed by atoms with Gasteiger partial charge in [-0.15, -0.1) is 0 Å². The molecule has 1 heterocycles. The summed E-state index contributed by atoms with van der Waals surface area (Å²) >= 11 is 0. The van der Waals surface area contributed by atoms with Crippen molar-refractivity contribution in [2.75, 3.05) is 6.54 Å². The lowest BCUT2D eigenvalue weighted by Crippen LogP contribution is -2.25. The zero-order chi connectivity index (χ0) is 12.3. The van der Waals surface area contributed by atoms with Crippen LogP contribution in [0.4, 0.5) is 5.88 Å². The fourth-order valence-electron chi connectivity index (χ4n) is 2.22. The summed E-state index contributed by atoms with van der Waals surface area (Å²) in [6, 6.07) is 2.91. The van der Waals surface area contributed by atoms with Gasteiger partial charge in [-0.25, -0.2) is 0 Å². The van der Waals surface area contributed by atoms with Crippen molar-refractivity contribution in [3.63, 3.8) is 0 Å². The maximum atomic E-state index is 10.4. The Balaban J connectivity index is 1.86. The molecule has 2 unspecified atom stereocenters. The highest BCUT2D eigenvalue weighted by Gasteiger charge is 2.27. The van der Waals surface area contributed by atoms with Crippen LogP contribution >= 0.6 is 0 Å². The molecule has 2 rings (SSSR count). The van der Waals surface area contributed by atoms with E-state index in [1.165, 1.54) is 6.07 Å². The van der Waals surface area contributed by atoms with Crippen LogP contribution < -0.4 is 5.73 Å². The van der Waals surface area contributed by atoms with E-state index in [2.05, 4.69) is 0 Å². The SMILES string of the molecule is NCC1CCCC1OCc1ccc([N+](=O)[O-])o1. The maximum absolute atomic E-state index is 10.4. The van der Waals surface area contributed by atoms with Gasteiger partial charge in [0.15, 0.2) is 0 Å². The zero-order valence-corrected chi connectivity index (χ0v) is 9.50. The minimum atomic E-state index is -0.554. The molecular formula is C11H16N2O4. The van der Waals surface area contributed by atoms with Crippen molar-refractivity contribution in [2.45, 2.75) is 32.0 Å². The second kappa shape index (κ2) is 5.29. The normalized spacial score (nSPS) is 24.1. The van der Waals surface area contributed by atoms with E-state index in [0.29, 0.717) is 18.2 Å². The number of nitrogens with zero attached hydrogens (tertiary/aromatic N) is 1. The predicted octanol–water partition coefficient (Wildman–Crippen LogP) is 1.83. The minimum absolute atomic E-state index is 0.157. The van der Waals surface area contributed by atoms with Gasteiger partial charge >= 0.3 is 5.88 Å². The standard InChI is InChI=1S/C11H16N2O4/c12-6-8-2-1-3-10(8)16-7-9-4-5-11(17-9)13(14)15/h4-5,8,10H,1-3,6-7,12H2. The highest BCUT2D eigenvalue weighted by molar-refractivity contribution is 5.17. The van der Waals surface area contributed by atoms with Crippen LogP contribution in [0.3, 0.4) is 0 Å². The molecule has 1 aromatic heterocycles. The average Bonchev–Trinajstić information content (AvgIpc) is 2.95. The molecule has 6 nitrogen and oxygen atoms in total. The van der Waals surface area contributed by atoms with Gasteiger partial charge in [0, 0.05) is 0 Å². The second-order valence-corrected chi connectivity index (χ2v) is 4.27. The molecule has 2 atom stereocenters. The van der Waals surface area contributed by atoms with E-state index >= 15 is 0 Å². The smallest absolute Gasteiger partial charge is 0.403 e. The molecule has 0 bridgehead atoms. The number of nitrogens with two attached hydrogens (primary N) is 1. The molecule has 1 aromatic rings. The Morgan fingerprint density at radius 1 is 1.53 bits per heavy atom. The lowest BCUT2D eigenvalue weighted by molar-refractivity contribution is -0.402. The van der Waals surface area contributed by atoms with Gasteiger partial charge in [-0.3, -0.25) is 10.1 Å². The van der Waals surface area contributed by atoms with Gasteiger partial charge < -0.3 is 14.9 Å². The van der Waals surface area contributed by atoms with Crippen LogP contribution in [-0.2, 0) is 11.3 Å². The molecule has 1 aliphatic rings. The van der Waals surface area contributed by atoms with Crippen molar-refractivity contribution < 1.29 is 14.1 Å². The summed E-state index contributed by atoms with van der Waals surface area (Å²) in [4.78, 5) is 9.87. The number of nitro groups is 1. The molecule has 0 amide bonds. The average molecular weight is 240 g/mol. The second-order valence-electron chi connectivity index (χ2n) is 4.27.